The fraction of sp³-hybridized carbons (Fsp3) is 0.571. The minimum atomic E-state index is 0.0343. The fourth-order valence-corrected chi connectivity index (χ4v) is 2.48. The van der Waals surface area contributed by atoms with E-state index in [9.17, 15) is 0 Å². The highest BCUT2D eigenvalue weighted by Gasteiger charge is 2.13. The maximum absolute atomic E-state index is 2.41. The van der Waals surface area contributed by atoms with E-state index in [1.807, 2.05) is 0 Å². The van der Waals surface area contributed by atoms with Gasteiger partial charge in [0.25, 0.3) is 0 Å². The Bertz CT molecular complexity index is 332. The van der Waals surface area contributed by atoms with Crippen LogP contribution in [-0.4, -0.2) is 13.3 Å². The summed E-state index contributed by atoms with van der Waals surface area (Å²) in [4.78, 5) is 0. The van der Waals surface area contributed by atoms with Crippen molar-refractivity contribution >= 4 is 13.2 Å². The normalized spacial score (nSPS) is 12.2. The molecule has 1 heteroatoms. The van der Waals surface area contributed by atoms with E-state index in [1.54, 1.807) is 0 Å². The molecule has 0 aromatic heterocycles. The Morgan fingerprint density at radius 3 is 2.20 bits per heavy atom. The van der Waals surface area contributed by atoms with Gasteiger partial charge in [-0.2, -0.15) is 0 Å². The predicted molar refractivity (Wildman–Crippen MR) is 72.7 cm³/mol. The molecule has 0 aliphatic carbocycles. The van der Waals surface area contributed by atoms with E-state index in [0.29, 0.717) is 5.41 Å². The number of benzene rings is 1. The summed E-state index contributed by atoms with van der Waals surface area (Å²) in [6.45, 7) is 13.8. The van der Waals surface area contributed by atoms with Crippen LogP contribution in [0.15, 0.2) is 18.2 Å². The van der Waals surface area contributed by atoms with Crippen molar-refractivity contribution in [3.63, 3.8) is 0 Å². The molecule has 84 valence electrons. The summed E-state index contributed by atoms with van der Waals surface area (Å²) in [6, 6.07) is 6.97. The minimum absolute atomic E-state index is 0.0343. The number of rotatable bonds is 2. The average Bonchev–Trinajstić information content (AvgIpc) is 2.06. The van der Waals surface area contributed by atoms with E-state index < -0.39 is 0 Å². The minimum Gasteiger partial charge on any atom is -0.0817 e. The molecule has 0 saturated heterocycles. The predicted octanol–water partition coefficient (Wildman–Crippen LogP) is 3.95. The lowest BCUT2D eigenvalue weighted by atomic mass is 9.86. The van der Waals surface area contributed by atoms with Gasteiger partial charge in [0.1, 0.15) is 0 Å². The van der Waals surface area contributed by atoms with Gasteiger partial charge in [-0.3, -0.25) is 0 Å². The summed E-state index contributed by atoms with van der Waals surface area (Å²) in [5, 5.41) is 1.52. The van der Waals surface area contributed by atoms with E-state index in [4.69, 9.17) is 0 Å². The third kappa shape index (κ3) is 3.95. The standard InChI is InChI=1S/C14H23P/c1-11-7-8-13(15(5)6)9-12(11)10-14(2,3)4/h7-9H,10H2,1-6H3. The third-order valence-electron chi connectivity index (χ3n) is 2.57. The highest BCUT2D eigenvalue weighted by atomic mass is 31.1. The Balaban J connectivity index is 3.01. The molecule has 0 radical (unpaired) electrons. The molecule has 0 N–H and O–H groups in total. The summed E-state index contributed by atoms with van der Waals surface area (Å²) < 4.78 is 0. The van der Waals surface area contributed by atoms with Crippen LogP contribution >= 0.6 is 7.92 Å². The van der Waals surface area contributed by atoms with Crippen molar-refractivity contribution in [1.29, 1.82) is 0 Å². The van der Waals surface area contributed by atoms with Gasteiger partial charge in [-0.15, -0.1) is 0 Å². The molecule has 0 atom stereocenters. The molecule has 1 aromatic carbocycles. The van der Waals surface area contributed by atoms with Gasteiger partial charge in [0.2, 0.25) is 0 Å². The molecule has 0 heterocycles. The van der Waals surface area contributed by atoms with Crippen LogP contribution in [0.1, 0.15) is 31.9 Å². The largest absolute Gasteiger partial charge is 0.0817 e. The lowest BCUT2D eigenvalue weighted by Gasteiger charge is -2.20. The highest BCUT2D eigenvalue weighted by molar-refractivity contribution is 7.64. The van der Waals surface area contributed by atoms with Crippen LogP contribution in [0.4, 0.5) is 0 Å². The van der Waals surface area contributed by atoms with Gasteiger partial charge in [-0.05, 0) is 48.5 Å². The molecule has 0 spiro atoms. The van der Waals surface area contributed by atoms with Crippen molar-refractivity contribution in [2.45, 2.75) is 34.1 Å². The Labute approximate surface area is 95.9 Å². The maximum Gasteiger partial charge on any atom is -0.0227 e. The lowest BCUT2D eigenvalue weighted by Crippen LogP contribution is -2.12. The molecule has 0 aliphatic rings. The van der Waals surface area contributed by atoms with Crippen molar-refractivity contribution in [2.75, 3.05) is 13.3 Å². The van der Waals surface area contributed by atoms with Crippen LogP contribution in [-0.2, 0) is 6.42 Å². The molecule has 0 amide bonds. The Morgan fingerprint density at radius 2 is 1.73 bits per heavy atom. The molecule has 0 nitrogen and oxygen atoms in total. The lowest BCUT2D eigenvalue weighted by molar-refractivity contribution is 0.410. The SMILES string of the molecule is Cc1ccc(P(C)C)cc1CC(C)(C)C. The summed E-state index contributed by atoms with van der Waals surface area (Å²) in [5.41, 5.74) is 3.34. The Kier molecular flexibility index (Phi) is 3.95. The second-order valence-corrected chi connectivity index (χ2v) is 8.05. The quantitative estimate of drug-likeness (QED) is 0.665. The fourth-order valence-electron chi connectivity index (χ4n) is 1.70. The van der Waals surface area contributed by atoms with E-state index in [2.05, 4.69) is 59.2 Å². The van der Waals surface area contributed by atoms with Crippen LogP contribution in [0.5, 0.6) is 0 Å². The number of hydrogen-bond donors (Lipinski definition) is 0. The van der Waals surface area contributed by atoms with Gasteiger partial charge in [0, 0.05) is 0 Å². The zero-order valence-electron chi connectivity index (χ0n) is 10.9. The molecule has 1 rings (SSSR count). The van der Waals surface area contributed by atoms with Crippen LogP contribution in [0.25, 0.3) is 0 Å². The second-order valence-electron chi connectivity index (χ2n) is 5.74. The molecular formula is C14H23P. The molecule has 15 heavy (non-hydrogen) atoms. The first-order valence-electron chi connectivity index (χ1n) is 5.56. The van der Waals surface area contributed by atoms with Gasteiger partial charge in [-0.1, -0.05) is 46.9 Å². The van der Waals surface area contributed by atoms with E-state index >= 15 is 0 Å². The topological polar surface area (TPSA) is 0 Å². The Morgan fingerprint density at radius 1 is 1.13 bits per heavy atom. The molecule has 0 saturated carbocycles. The molecule has 0 bridgehead atoms. The van der Waals surface area contributed by atoms with Gasteiger partial charge in [0.15, 0.2) is 0 Å². The first-order valence-corrected chi connectivity index (χ1v) is 7.80. The summed E-state index contributed by atoms with van der Waals surface area (Å²) in [7, 11) is 0.0343. The van der Waals surface area contributed by atoms with Crippen LogP contribution < -0.4 is 5.30 Å². The average molecular weight is 222 g/mol. The molecule has 1 aromatic rings. The summed E-state index contributed by atoms with van der Waals surface area (Å²) in [6.07, 6.45) is 1.18. The summed E-state index contributed by atoms with van der Waals surface area (Å²) in [5.74, 6) is 0. The molecular weight excluding hydrogens is 199 g/mol. The molecule has 0 fully saturated rings. The number of hydrogen-bond acceptors (Lipinski definition) is 0. The van der Waals surface area contributed by atoms with Gasteiger partial charge in [-0.25, -0.2) is 0 Å². The van der Waals surface area contributed by atoms with E-state index in [1.165, 1.54) is 22.9 Å². The van der Waals surface area contributed by atoms with Crippen LogP contribution in [0, 0.1) is 12.3 Å². The van der Waals surface area contributed by atoms with Gasteiger partial charge in [0.05, 0.1) is 0 Å². The van der Waals surface area contributed by atoms with E-state index in [-0.39, 0.29) is 7.92 Å². The van der Waals surface area contributed by atoms with Gasteiger partial charge < -0.3 is 0 Å². The maximum atomic E-state index is 2.41. The third-order valence-corrected chi connectivity index (χ3v) is 3.88. The van der Waals surface area contributed by atoms with Crippen molar-refractivity contribution in [3.05, 3.63) is 29.3 Å². The van der Waals surface area contributed by atoms with Crippen LogP contribution in [0.2, 0.25) is 0 Å². The monoisotopic (exact) mass is 222 g/mol. The molecule has 0 aliphatic heterocycles. The highest BCUT2D eigenvalue weighted by Crippen LogP contribution is 2.27. The zero-order chi connectivity index (χ0) is 11.6. The van der Waals surface area contributed by atoms with Gasteiger partial charge >= 0.3 is 0 Å². The Hall–Kier alpha value is -0.350. The van der Waals surface area contributed by atoms with E-state index in [0.717, 1.165) is 0 Å². The van der Waals surface area contributed by atoms with Crippen LogP contribution in [0.3, 0.4) is 0 Å². The van der Waals surface area contributed by atoms with Crippen molar-refractivity contribution in [1.82, 2.24) is 0 Å². The summed E-state index contributed by atoms with van der Waals surface area (Å²) >= 11 is 0. The second kappa shape index (κ2) is 4.66. The molecule has 0 unspecified atom stereocenters. The van der Waals surface area contributed by atoms with Crippen molar-refractivity contribution < 1.29 is 0 Å². The number of aryl methyl sites for hydroxylation is 1. The van der Waals surface area contributed by atoms with Crippen molar-refractivity contribution in [2.24, 2.45) is 5.41 Å². The zero-order valence-corrected chi connectivity index (χ0v) is 11.8. The van der Waals surface area contributed by atoms with Crippen molar-refractivity contribution in [3.8, 4) is 0 Å². The first-order chi connectivity index (χ1) is 6.79. The smallest absolute Gasteiger partial charge is 0.0227 e. The first kappa shape index (κ1) is 12.7.